The van der Waals surface area contributed by atoms with E-state index in [1.54, 1.807) is 12.4 Å². The molecule has 5 nitrogen and oxygen atoms in total. The van der Waals surface area contributed by atoms with E-state index in [-0.39, 0.29) is 0 Å². The molecule has 118 valence electrons. The zero-order valence-electron chi connectivity index (χ0n) is 13.6. The summed E-state index contributed by atoms with van der Waals surface area (Å²) in [5, 5.41) is 6.93. The standard InChI is InChI=1S/C19H17N5/c1-13-10-21-18(11-20-13)12-24-19(22-14(2)23-24)17-8-7-15-5-3-4-6-16(15)9-17/h3-11H,12H2,1-2H3. The molecule has 0 spiro atoms. The van der Waals surface area contributed by atoms with Gasteiger partial charge in [-0.25, -0.2) is 9.67 Å². The third kappa shape index (κ3) is 2.76. The molecular formula is C19H17N5. The summed E-state index contributed by atoms with van der Waals surface area (Å²) in [6.45, 7) is 4.38. The zero-order chi connectivity index (χ0) is 16.5. The van der Waals surface area contributed by atoms with E-state index in [0.717, 1.165) is 28.6 Å². The Kier molecular flexibility index (Phi) is 3.54. The van der Waals surface area contributed by atoms with Gasteiger partial charge in [-0.2, -0.15) is 5.10 Å². The Morgan fingerprint density at radius 3 is 2.54 bits per heavy atom. The average molecular weight is 315 g/mol. The highest BCUT2D eigenvalue weighted by Gasteiger charge is 2.11. The smallest absolute Gasteiger partial charge is 0.158 e. The molecule has 0 radical (unpaired) electrons. The molecule has 2 heterocycles. The molecule has 0 amide bonds. The molecule has 0 aliphatic heterocycles. The lowest BCUT2D eigenvalue weighted by Gasteiger charge is -2.07. The Morgan fingerprint density at radius 1 is 0.917 bits per heavy atom. The van der Waals surface area contributed by atoms with Crippen LogP contribution < -0.4 is 0 Å². The van der Waals surface area contributed by atoms with Crippen molar-refractivity contribution >= 4 is 10.8 Å². The van der Waals surface area contributed by atoms with Crippen LogP contribution in [0, 0.1) is 13.8 Å². The molecule has 0 fully saturated rings. The summed E-state index contributed by atoms with van der Waals surface area (Å²) < 4.78 is 1.89. The van der Waals surface area contributed by atoms with Gasteiger partial charge in [0.15, 0.2) is 5.82 Å². The molecule has 0 unspecified atom stereocenters. The summed E-state index contributed by atoms with van der Waals surface area (Å²) in [6, 6.07) is 14.7. The second kappa shape index (κ2) is 5.85. The highest BCUT2D eigenvalue weighted by atomic mass is 15.3. The van der Waals surface area contributed by atoms with E-state index in [1.807, 2.05) is 30.7 Å². The van der Waals surface area contributed by atoms with Crippen LogP contribution in [0.25, 0.3) is 22.2 Å². The third-order valence-electron chi connectivity index (χ3n) is 3.93. The van der Waals surface area contributed by atoms with Crippen molar-refractivity contribution in [2.45, 2.75) is 20.4 Å². The molecule has 4 rings (SSSR count). The molecule has 0 aliphatic rings. The number of rotatable bonds is 3. The van der Waals surface area contributed by atoms with E-state index in [0.29, 0.717) is 6.54 Å². The molecule has 2 aromatic carbocycles. The van der Waals surface area contributed by atoms with E-state index < -0.39 is 0 Å². The van der Waals surface area contributed by atoms with Crippen molar-refractivity contribution in [1.29, 1.82) is 0 Å². The van der Waals surface area contributed by atoms with Crippen molar-refractivity contribution in [1.82, 2.24) is 24.7 Å². The van der Waals surface area contributed by atoms with Crippen molar-refractivity contribution in [3.05, 3.63) is 72.1 Å². The number of fused-ring (bicyclic) bond motifs is 1. The van der Waals surface area contributed by atoms with E-state index >= 15 is 0 Å². The molecule has 5 heteroatoms. The van der Waals surface area contributed by atoms with Crippen molar-refractivity contribution in [3.63, 3.8) is 0 Å². The normalized spacial score (nSPS) is 11.1. The summed E-state index contributed by atoms with van der Waals surface area (Å²) >= 11 is 0. The predicted molar refractivity (Wildman–Crippen MR) is 93.6 cm³/mol. The van der Waals surface area contributed by atoms with E-state index in [9.17, 15) is 0 Å². The number of hydrogen-bond donors (Lipinski definition) is 0. The highest BCUT2D eigenvalue weighted by Crippen LogP contribution is 2.23. The average Bonchev–Trinajstić information content (AvgIpc) is 2.97. The molecule has 0 saturated carbocycles. The Morgan fingerprint density at radius 2 is 1.75 bits per heavy atom. The Hall–Kier alpha value is -3.08. The van der Waals surface area contributed by atoms with Crippen LogP contribution in [0.15, 0.2) is 54.9 Å². The Bertz CT molecular complexity index is 1000. The van der Waals surface area contributed by atoms with Gasteiger partial charge in [0, 0.05) is 11.8 Å². The van der Waals surface area contributed by atoms with Crippen LogP contribution in [0.2, 0.25) is 0 Å². The van der Waals surface area contributed by atoms with Gasteiger partial charge in [-0.15, -0.1) is 0 Å². The first kappa shape index (κ1) is 14.5. The van der Waals surface area contributed by atoms with Crippen molar-refractivity contribution in [3.8, 4) is 11.4 Å². The second-order valence-electron chi connectivity index (χ2n) is 5.85. The highest BCUT2D eigenvalue weighted by molar-refractivity contribution is 5.86. The predicted octanol–water partition coefficient (Wildman–Crippen LogP) is 3.55. The summed E-state index contributed by atoms with van der Waals surface area (Å²) in [5.41, 5.74) is 2.82. The van der Waals surface area contributed by atoms with Crippen molar-refractivity contribution < 1.29 is 0 Å². The van der Waals surface area contributed by atoms with E-state index in [4.69, 9.17) is 0 Å². The van der Waals surface area contributed by atoms with E-state index in [2.05, 4.69) is 50.4 Å². The first-order valence-electron chi connectivity index (χ1n) is 7.87. The Labute approximate surface area is 140 Å². The number of aromatic nitrogens is 5. The van der Waals surface area contributed by atoms with Gasteiger partial charge >= 0.3 is 0 Å². The maximum absolute atomic E-state index is 4.61. The Balaban J connectivity index is 1.75. The first-order valence-corrected chi connectivity index (χ1v) is 7.87. The number of benzene rings is 2. The fourth-order valence-electron chi connectivity index (χ4n) is 2.76. The van der Waals surface area contributed by atoms with Gasteiger partial charge in [0.05, 0.1) is 24.1 Å². The van der Waals surface area contributed by atoms with Crippen LogP contribution in [-0.4, -0.2) is 24.7 Å². The lowest BCUT2D eigenvalue weighted by atomic mass is 10.1. The minimum Gasteiger partial charge on any atom is -0.258 e. The zero-order valence-corrected chi connectivity index (χ0v) is 13.6. The topological polar surface area (TPSA) is 56.5 Å². The number of hydrogen-bond acceptors (Lipinski definition) is 4. The van der Waals surface area contributed by atoms with Crippen molar-refractivity contribution in [2.24, 2.45) is 0 Å². The molecule has 4 aromatic rings. The number of nitrogens with zero attached hydrogens (tertiary/aromatic N) is 5. The van der Waals surface area contributed by atoms with Gasteiger partial charge in [0.1, 0.15) is 5.82 Å². The molecular weight excluding hydrogens is 298 g/mol. The lowest BCUT2D eigenvalue weighted by Crippen LogP contribution is -2.06. The summed E-state index contributed by atoms with van der Waals surface area (Å²) in [7, 11) is 0. The molecule has 0 saturated heterocycles. The molecule has 24 heavy (non-hydrogen) atoms. The summed E-state index contributed by atoms with van der Waals surface area (Å²) in [5.74, 6) is 1.60. The van der Waals surface area contributed by atoms with Crippen LogP contribution in [0.5, 0.6) is 0 Å². The quantitative estimate of drug-likeness (QED) is 0.580. The van der Waals surface area contributed by atoms with Gasteiger partial charge in [0.2, 0.25) is 0 Å². The SMILES string of the molecule is Cc1cnc(Cn2nc(C)nc2-c2ccc3ccccc3c2)cn1. The van der Waals surface area contributed by atoms with Crippen LogP contribution in [-0.2, 0) is 6.54 Å². The van der Waals surface area contributed by atoms with Gasteiger partial charge in [0.25, 0.3) is 0 Å². The number of aryl methyl sites for hydroxylation is 2. The van der Waals surface area contributed by atoms with Crippen LogP contribution in [0.3, 0.4) is 0 Å². The molecule has 0 atom stereocenters. The molecule has 2 aromatic heterocycles. The van der Waals surface area contributed by atoms with Crippen LogP contribution in [0.4, 0.5) is 0 Å². The monoisotopic (exact) mass is 315 g/mol. The van der Waals surface area contributed by atoms with Gasteiger partial charge in [-0.1, -0.05) is 36.4 Å². The fraction of sp³-hybridized carbons (Fsp3) is 0.158. The maximum Gasteiger partial charge on any atom is 0.158 e. The van der Waals surface area contributed by atoms with Gasteiger partial charge in [-0.05, 0) is 30.7 Å². The first-order chi connectivity index (χ1) is 11.7. The summed E-state index contributed by atoms with van der Waals surface area (Å²) in [6.07, 6.45) is 3.56. The van der Waals surface area contributed by atoms with Crippen LogP contribution >= 0.6 is 0 Å². The van der Waals surface area contributed by atoms with Gasteiger partial charge in [-0.3, -0.25) is 9.97 Å². The second-order valence-corrected chi connectivity index (χ2v) is 5.85. The fourth-order valence-corrected chi connectivity index (χ4v) is 2.76. The molecule has 0 aliphatic carbocycles. The maximum atomic E-state index is 4.61. The minimum atomic E-state index is 0.552. The van der Waals surface area contributed by atoms with E-state index in [1.165, 1.54) is 10.8 Å². The lowest BCUT2D eigenvalue weighted by molar-refractivity contribution is 0.669. The van der Waals surface area contributed by atoms with Crippen LogP contribution in [0.1, 0.15) is 17.2 Å². The minimum absolute atomic E-state index is 0.552. The largest absolute Gasteiger partial charge is 0.258 e. The van der Waals surface area contributed by atoms with Gasteiger partial charge < -0.3 is 0 Å². The third-order valence-corrected chi connectivity index (χ3v) is 3.93. The molecule has 0 N–H and O–H groups in total. The molecule has 0 bridgehead atoms. The van der Waals surface area contributed by atoms with Crippen molar-refractivity contribution in [2.75, 3.05) is 0 Å². The summed E-state index contributed by atoms with van der Waals surface area (Å²) in [4.78, 5) is 13.3.